The summed E-state index contributed by atoms with van der Waals surface area (Å²) in [6, 6.07) is 6.21. The number of rotatable bonds is 4. The van der Waals surface area contributed by atoms with E-state index in [4.69, 9.17) is 0 Å². The molecule has 3 aliphatic carbocycles. The van der Waals surface area contributed by atoms with Crippen LogP contribution >= 0.6 is 0 Å². The lowest BCUT2D eigenvalue weighted by Gasteiger charge is -2.55. The number of carbonyl (C=O) groups excluding carboxylic acids is 1. The molecule has 1 heterocycles. The molecule has 1 N–H and O–H groups in total. The van der Waals surface area contributed by atoms with Crippen molar-refractivity contribution in [3.63, 3.8) is 0 Å². The second-order valence-corrected chi connectivity index (χ2v) is 8.05. The van der Waals surface area contributed by atoms with Crippen molar-refractivity contribution in [1.82, 2.24) is 15.0 Å². The van der Waals surface area contributed by atoms with Crippen LogP contribution in [-0.2, 0) is 17.5 Å². The van der Waals surface area contributed by atoms with Crippen LogP contribution in [0.1, 0.15) is 32.5 Å². The van der Waals surface area contributed by atoms with Gasteiger partial charge in [0.05, 0.1) is 17.2 Å². The number of hydrogen-bond acceptors (Lipinski definition) is 3. The van der Waals surface area contributed by atoms with Gasteiger partial charge in [-0.3, -0.25) is 4.79 Å². The molecule has 1 aromatic heterocycles. The van der Waals surface area contributed by atoms with Crippen LogP contribution in [0.2, 0.25) is 0 Å². The van der Waals surface area contributed by atoms with Gasteiger partial charge in [0.25, 0.3) is 5.91 Å². The van der Waals surface area contributed by atoms with Gasteiger partial charge in [-0.05, 0) is 47.8 Å². The Morgan fingerprint density at radius 1 is 1.39 bits per heavy atom. The van der Waals surface area contributed by atoms with Crippen LogP contribution in [0.25, 0.3) is 11.0 Å². The topological polar surface area (TPSA) is 59.3 Å². The number of nitrogens with one attached hydrogen (secondary N) is 1. The first-order chi connectivity index (χ1) is 13.2. The highest BCUT2D eigenvalue weighted by Gasteiger charge is 2.50. The second kappa shape index (κ2) is 6.46. The summed E-state index contributed by atoms with van der Waals surface area (Å²) in [6.45, 7) is 3.95. The number of hydrazone groups is 1. The molecule has 148 valence electrons. The molecule has 0 radical (unpaired) electrons. The summed E-state index contributed by atoms with van der Waals surface area (Å²) >= 11 is 0. The molecular formula is C20H21F3N4O. The largest absolute Gasteiger partial charge is 0.449 e. The second-order valence-electron chi connectivity index (χ2n) is 8.05. The zero-order valence-electron chi connectivity index (χ0n) is 15.6. The van der Waals surface area contributed by atoms with Gasteiger partial charge in [-0.15, -0.1) is 0 Å². The van der Waals surface area contributed by atoms with Crippen molar-refractivity contribution in [3.05, 3.63) is 41.7 Å². The molecule has 0 spiro atoms. The third kappa shape index (κ3) is 3.10. The predicted molar refractivity (Wildman–Crippen MR) is 99.4 cm³/mol. The number of hydrogen-bond donors (Lipinski definition) is 1. The quantitative estimate of drug-likeness (QED) is 0.630. The zero-order chi connectivity index (χ0) is 20.1. The minimum atomic E-state index is -4.65. The highest BCUT2D eigenvalue weighted by atomic mass is 19.4. The summed E-state index contributed by atoms with van der Waals surface area (Å²) in [5.41, 5.74) is 4.11. The van der Waals surface area contributed by atoms with Gasteiger partial charge in [-0.25, -0.2) is 10.4 Å². The summed E-state index contributed by atoms with van der Waals surface area (Å²) in [4.78, 5) is 15.9. The number of benzene rings is 1. The molecule has 0 unspecified atom stereocenters. The van der Waals surface area contributed by atoms with Crippen molar-refractivity contribution >= 4 is 23.2 Å². The first-order valence-electron chi connectivity index (χ1n) is 9.22. The number of aromatic nitrogens is 2. The number of para-hydroxylation sites is 2. The molecule has 2 atom stereocenters. The molecule has 28 heavy (non-hydrogen) atoms. The maximum absolute atomic E-state index is 13.3. The van der Waals surface area contributed by atoms with Gasteiger partial charge >= 0.3 is 6.18 Å². The third-order valence-electron chi connectivity index (χ3n) is 6.12. The summed E-state index contributed by atoms with van der Waals surface area (Å²) < 4.78 is 40.8. The van der Waals surface area contributed by atoms with Crippen LogP contribution in [0.3, 0.4) is 0 Å². The number of amides is 1. The summed E-state index contributed by atoms with van der Waals surface area (Å²) in [5, 5.41) is 3.98. The standard InChI is InChI=1S/C20H21F3N4O/c1-19(2)13-8-7-12(14(19)9-13)10-24-26-17(28)11-27-16-6-4-3-5-15(16)25-18(27)20(21,22)23/h3-7,10,13-14H,8-9,11H2,1-2H3,(H,26,28)/b24-10-/t13-,14-/m1/s1. The van der Waals surface area contributed by atoms with Crippen LogP contribution < -0.4 is 5.43 Å². The van der Waals surface area contributed by atoms with Crippen LogP contribution in [0.5, 0.6) is 0 Å². The van der Waals surface area contributed by atoms with Crippen LogP contribution in [0, 0.1) is 17.3 Å². The number of imidazole rings is 1. The van der Waals surface area contributed by atoms with Crippen molar-refractivity contribution in [1.29, 1.82) is 0 Å². The minimum Gasteiger partial charge on any atom is -0.311 e. The smallest absolute Gasteiger partial charge is 0.311 e. The monoisotopic (exact) mass is 390 g/mol. The number of halogens is 3. The molecule has 5 rings (SSSR count). The normalized spacial score (nSPS) is 23.5. The number of carbonyl (C=O) groups is 1. The van der Waals surface area contributed by atoms with Crippen molar-refractivity contribution < 1.29 is 18.0 Å². The molecule has 2 bridgehead atoms. The van der Waals surface area contributed by atoms with E-state index in [1.807, 2.05) is 0 Å². The van der Waals surface area contributed by atoms with Gasteiger partial charge in [0.2, 0.25) is 5.82 Å². The first kappa shape index (κ1) is 18.7. The molecule has 0 aliphatic heterocycles. The highest BCUT2D eigenvalue weighted by Crippen LogP contribution is 2.58. The molecule has 3 aliphatic rings. The number of alkyl halides is 3. The maximum atomic E-state index is 13.3. The van der Waals surface area contributed by atoms with E-state index in [-0.39, 0.29) is 16.4 Å². The fourth-order valence-corrected chi connectivity index (χ4v) is 4.35. The average Bonchev–Trinajstić information content (AvgIpc) is 3.01. The van der Waals surface area contributed by atoms with Gasteiger partial charge < -0.3 is 4.57 Å². The molecule has 2 aromatic rings. The Labute approximate surface area is 160 Å². The van der Waals surface area contributed by atoms with E-state index in [2.05, 4.69) is 35.4 Å². The van der Waals surface area contributed by atoms with Gasteiger partial charge in [-0.2, -0.15) is 18.3 Å². The third-order valence-corrected chi connectivity index (χ3v) is 6.12. The Bertz CT molecular complexity index is 987. The summed E-state index contributed by atoms with van der Waals surface area (Å²) in [6.07, 6.45) is 1.21. The number of allylic oxidation sites excluding steroid dienone is 2. The van der Waals surface area contributed by atoms with Crippen LogP contribution in [0.4, 0.5) is 13.2 Å². The zero-order valence-corrected chi connectivity index (χ0v) is 15.6. The Balaban J connectivity index is 1.48. The fourth-order valence-electron chi connectivity index (χ4n) is 4.35. The number of nitrogens with zero attached hydrogens (tertiary/aromatic N) is 3. The van der Waals surface area contributed by atoms with E-state index < -0.39 is 24.5 Å². The van der Waals surface area contributed by atoms with Crippen molar-refractivity contribution in [2.24, 2.45) is 22.4 Å². The molecule has 1 amide bonds. The molecule has 5 nitrogen and oxygen atoms in total. The van der Waals surface area contributed by atoms with Crippen molar-refractivity contribution in [3.8, 4) is 0 Å². The molecule has 0 saturated heterocycles. The van der Waals surface area contributed by atoms with E-state index in [1.54, 1.807) is 18.3 Å². The minimum absolute atomic E-state index is 0.195. The lowest BCUT2D eigenvalue weighted by atomic mass is 9.49. The Morgan fingerprint density at radius 2 is 2.14 bits per heavy atom. The first-order valence-corrected chi connectivity index (χ1v) is 9.22. The van der Waals surface area contributed by atoms with E-state index in [0.717, 1.165) is 23.0 Å². The Kier molecular flexibility index (Phi) is 4.32. The van der Waals surface area contributed by atoms with Crippen LogP contribution in [0.15, 0.2) is 41.0 Å². The lowest BCUT2D eigenvalue weighted by Crippen LogP contribution is -2.48. The summed E-state index contributed by atoms with van der Waals surface area (Å²) in [7, 11) is 0. The van der Waals surface area contributed by atoms with Gasteiger partial charge in [-0.1, -0.05) is 32.1 Å². The predicted octanol–water partition coefficient (Wildman–Crippen LogP) is 4.15. The summed E-state index contributed by atoms with van der Waals surface area (Å²) in [5.74, 6) is -0.613. The molecule has 1 saturated carbocycles. The Hall–Kier alpha value is -2.64. The lowest BCUT2D eigenvalue weighted by molar-refractivity contribution is -0.147. The molecule has 8 heteroatoms. The van der Waals surface area contributed by atoms with Gasteiger partial charge in [0.15, 0.2) is 0 Å². The average molecular weight is 390 g/mol. The van der Waals surface area contributed by atoms with Crippen molar-refractivity contribution in [2.75, 3.05) is 0 Å². The van der Waals surface area contributed by atoms with Crippen LogP contribution in [-0.4, -0.2) is 21.7 Å². The molecule has 1 aromatic carbocycles. The molecule has 1 fully saturated rings. The molecular weight excluding hydrogens is 369 g/mol. The van der Waals surface area contributed by atoms with Crippen molar-refractivity contribution in [2.45, 2.75) is 39.4 Å². The SMILES string of the molecule is CC1(C)[C@@H]2CC=C(/C=N\NC(=O)Cn3c(C(F)(F)F)nc4ccccc43)[C@H]1C2. The fraction of sp³-hybridized carbons (Fsp3) is 0.450. The number of fused-ring (bicyclic) bond motifs is 2. The van der Waals surface area contributed by atoms with E-state index in [9.17, 15) is 18.0 Å². The Morgan fingerprint density at radius 3 is 2.82 bits per heavy atom. The van der Waals surface area contributed by atoms with E-state index >= 15 is 0 Å². The highest BCUT2D eigenvalue weighted by molar-refractivity contribution is 5.84. The van der Waals surface area contributed by atoms with Gasteiger partial charge in [0, 0.05) is 0 Å². The van der Waals surface area contributed by atoms with E-state index in [1.165, 1.54) is 12.1 Å². The van der Waals surface area contributed by atoms with Gasteiger partial charge in [0.1, 0.15) is 6.54 Å². The maximum Gasteiger partial charge on any atom is 0.449 e. The van der Waals surface area contributed by atoms with E-state index in [0.29, 0.717) is 11.8 Å².